The van der Waals surface area contributed by atoms with Crippen molar-refractivity contribution in [2.45, 2.75) is 33.1 Å². The van der Waals surface area contributed by atoms with Crippen LogP contribution in [-0.4, -0.2) is 30.6 Å². The summed E-state index contributed by atoms with van der Waals surface area (Å²) in [4.78, 5) is 25.7. The van der Waals surface area contributed by atoms with Gasteiger partial charge < -0.3 is 16.4 Å². The summed E-state index contributed by atoms with van der Waals surface area (Å²) >= 11 is 0. The molecule has 4 rings (SSSR count). The molecule has 0 saturated carbocycles. The summed E-state index contributed by atoms with van der Waals surface area (Å²) in [5, 5.41) is 10.8. The average Bonchev–Trinajstić information content (AvgIpc) is 3.19. The Morgan fingerprint density at radius 3 is 2.56 bits per heavy atom. The van der Waals surface area contributed by atoms with Crippen molar-refractivity contribution in [2.24, 2.45) is 7.05 Å². The molecule has 0 unspecified atom stereocenters. The van der Waals surface area contributed by atoms with E-state index in [1.807, 2.05) is 43.3 Å². The lowest BCUT2D eigenvalue weighted by Gasteiger charge is -2.14. The highest BCUT2D eigenvalue weighted by Crippen LogP contribution is 2.30. The van der Waals surface area contributed by atoms with E-state index in [0.29, 0.717) is 28.7 Å². The number of nitrogens with one attached hydrogen (secondary N) is 2. The number of anilines is 4. The third-order valence-corrected chi connectivity index (χ3v) is 5.40. The third kappa shape index (κ3) is 4.88. The van der Waals surface area contributed by atoms with Crippen molar-refractivity contribution >= 4 is 28.9 Å². The minimum absolute atomic E-state index is 0.147. The molecule has 0 aliphatic rings. The molecule has 0 bridgehead atoms. The lowest BCUT2D eigenvalue weighted by molar-refractivity contribution is 0.101. The molecule has 9 nitrogen and oxygen atoms in total. The highest BCUT2D eigenvalue weighted by molar-refractivity contribution is 6.03. The van der Waals surface area contributed by atoms with Gasteiger partial charge in [0.15, 0.2) is 0 Å². The number of aryl methyl sites for hydroxylation is 2. The fraction of sp³-hybridized carbons (Fsp3) is 0.240. The van der Waals surface area contributed by atoms with Crippen molar-refractivity contribution in [1.82, 2.24) is 24.7 Å². The number of aromatic nitrogens is 5. The van der Waals surface area contributed by atoms with E-state index in [2.05, 4.69) is 51.5 Å². The number of pyridine rings is 1. The van der Waals surface area contributed by atoms with E-state index in [1.165, 1.54) is 6.33 Å². The molecule has 0 radical (unpaired) electrons. The Bertz CT molecular complexity index is 1350. The van der Waals surface area contributed by atoms with Crippen LogP contribution in [0.4, 0.5) is 23.0 Å². The number of nitrogens with zero attached hydrogens (tertiary/aromatic N) is 5. The van der Waals surface area contributed by atoms with Crippen LogP contribution in [0.15, 0.2) is 55.0 Å². The fourth-order valence-electron chi connectivity index (χ4n) is 3.43. The van der Waals surface area contributed by atoms with Gasteiger partial charge in [-0.1, -0.05) is 26.8 Å². The van der Waals surface area contributed by atoms with Crippen molar-refractivity contribution in [3.63, 3.8) is 0 Å². The number of nitrogen functional groups attached to an aromatic ring is 1. The zero-order valence-electron chi connectivity index (χ0n) is 19.9. The molecule has 0 fully saturated rings. The summed E-state index contributed by atoms with van der Waals surface area (Å²) in [5.74, 6) is 0.773. The molecule has 34 heavy (non-hydrogen) atoms. The summed E-state index contributed by atoms with van der Waals surface area (Å²) in [6.07, 6.45) is 3.12. The maximum Gasteiger partial charge on any atom is 0.273 e. The monoisotopic (exact) mass is 456 g/mol. The van der Waals surface area contributed by atoms with Crippen LogP contribution in [0, 0.1) is 6.92 Å². The molecule has 0 aliphatic carbocycles. The number of nitrogens with two attached hydrogens (primary N) is 1. The smallest absolute Gasteiger partial charge is 0.273 e. The first-order valence-corrected chi connectivity index (χ1v) is 10.9. The first kappa shape index (κ1) is 22.9. The van der Waals surface area contributed by atoms with Gasteiger partial charge in [-0.2, -0.15) is 5.10 Å². The quantitative estimate of drug-likeness (QED) is 0.405. The van der Waals surface area contributed by atoms with Crippen LogP contribution in [0.1, 0.15) is 42.5 Å². The second-order valence-electron chi connectivity index (χ2n) is 9.12. The minimum atomic E-state index is -0.227. The van der Waals surface area contributed by atoms with Crippen molar-refractivity contribution in [1.29, 1.82) is 0 Å². The van der Waals surface area contributed by atoms with Crippen molar-refractivity contribution in [2.75, 3.05) is 16.4 Å². The second kappa shape index (κ2) is 8.93. The largest absolute Gasteiger partial charge is 0.384 e. The van der Waals surface area contributed by atoms with Gasteiger partial charge in [0.1, 0.15) is 23.7 Å². The van der Waals surface area contributed by atoms with Gasteiger partial charge in [0.05, 0.1) is 11.4 Å². The highest BCUT2D eigenvalue weighted by Gasteiger charge is 2.22. The predicted molar refractivity (Wildman–Crippen MR) is 134 cm³/mol. The Morgan fingerprint density at radius 2 is 1.85 bits per heavy atom. The topological polar surface area (TPSA) is 124 Å². The van der Waals surface area contributed by atoms with Crippen LogP contribution >= 0.6 is 0 Å². The summed E-state index contributed by atoms with van der Waals surface area (Å²) in [5.41, 5.74) is 10.9. The van der Waals surface area contributed by atoms with E-state index in [-0.39, 0.29) is 11.3 Å². The Hall–Kier alpha value is -4.27. The van der Waals surface area contributed by atoms with Crippen molar-refractivity contribution < 1.29 is 4.79 Å². The van der Waals surface area contributed by atoms with Gasteiger partial charge in [-0.3, -0.25) is 9.48 Å². The first-order chi connectivity index (χ1) is 16.1. The van der Waals surface area contributed by atoms with Crippen LogP contribution in [0.5, 0.6) is 0 Å². The van der Waals surface area contributed by atoms with E-state index < -0.39 is 0 Å². The molecule has 3 aromatic heterocycles. The number of hydrogen-bond acceptors (Lipinski definition) is 7. The Kier molecular flexibility index (Phi) is 6.02. The Morgan fingerprint density at radius 1 is 1.06 bits per heavy atom. The predicted octanol–water partition coefficient (Wildman–Crippen LogP) is 4.46. The first-order valence-electron chi connectivity index (χ1n) is 10.9. The molecule has 1 amide bonds. The molecule has 0 atom stereocenters. The lowest BCUT2D eigenvalue weighted by atomic mass is 9.92. The molecular formula is C25H28N8O. The number of rotatable bonds is 5. The number of hydrogen-bond donors (Lipinski definition) is 3. The molecule has 0 saturated heterocycles. The summed E-state index contributed by atoms with van der Waals surface area (Å²) in [6, 6.07) is 13.0. The Labute approximate surface area is 198 Å². The highest BCUT2D eigenvalue weighted by atomic mass is 16.2. The molecule has 4 aromatic rings. The Balaban J connectivity index is 1.60. The van der Waals surface area contributed by atoms with Gasteiger partial charge in [-0.15, -0.1) is 0 Å². The van der Waals surface area contributed by atoms with Crippen LogP contribution in [0.25, 0.3) is 11.3 Å². The van der Waals surface area contributed by atoms with Crippen LogP contribution in [-0.2, 0) is 12.5 Å². The summed E-state index contributed by atoms with van der Waals surface area (Å²) in [7, 11) is 1.77. The van der Waals surface area contributed by atoms with Crippen LogP contribution in [0.3, 0.4) is 0 Å². The average molecular weight is 457 g/mol. The van der Waals surface area contributed by atoms with E-state index in [4.69, 9.17) is 5.73 Å². The number of carbonyl (C=O) groups is 1. The van der Waals surface area contributed by atoms with Crippen LogP contribution in [0.2, 0.25) is 0 Å². The summed E-state index contributed by atoms with van der Waals surface area (Å²) < 4.78 is 1.61. The fourth-order valence-corrected chi connectivity index (χ4v) is 3.43. The van der Waals surface area contributed by atoms with Gasteiger partial charge in [0.25, 0.3) is 5.91 Å². The number of carbonyl (C=O) groups excluding carboxylic acids is 1. The molecule has 0 spiro atoms. The van der Waals surface area contributed by atoms with E-state index in [9.17, 15) is 4.79 Å². The van der Waals surface area contributed by atoms with Crippen molar-refractivity contribution in [3.8, 4) is 11.3 Å². The molecule has 1 aromatic carbocycles. The van der Waals surface area contributed by atoms with Crippen molar-refractivity contribution in [3.05, 3.63) is 71.9 Å². The molecule has 4 N–H and O–H groups in total. The van der Waals surface area contributed by atoms with E-state index in [0.717, 1.165) is 22.5 Å². The minimum Gasteiger partial charge on any atom is -0.384 e. The number of benzene rings is 1. The van der Waals surface area contributed by atoms with Gasteiger partial charge in [0.2, 0.25) is 0 Å². The number of amides is 1. The standard InChI is InChI=1S/C25H28N8O/c1-15-8-9-16(30-24(34)20-13-21(25(2,3)4)32-33(20)5)11-18(15)31-23-17(7-6-10-27-23)19-12-22(26)29-14-28-19/h6-14H,1-5H3,(H,27,31)(H,30,34)(H2,26,28,29). The molecule has 0 aliphatic heterocycles. The van der Waals surface area contributed by atoms with Gasteiger partial charge in [0, 0.05) is 41.7 Å². The van der Waals surface area contributed by atoms with Gasteiger partial charge >= 0.3 is 0 Å². The molecule has 9 heteroatoms. The third-order valence-electron chi connectivity index (χ3n) is 5.40. The van der Waals surface area contributed by atoms with Gasteiger partial charge in [-0.05, 0) is 42.8 Å². The zero-order valence-corrected chi connectivity index (χ0v) is 19.9. The van der Waals surface area contributed by atoms with Crippen LogP contribution < -0.4 is 16.4 Å². The maximum atomic E-state index is 13.0. The zero-order chi connectivity index (χ0) is 24.5. The van der Waals surface area contributed by atoms with Gasteiger partial charge in [-0.25, -0.2) is 15.0 Å². The van der Waals surface area contributed by atoms with E-state index >= 15 is 0 Å². The molecular weight excluding hydrogens is 428 g/mol. The second-order valence-corrected chi connectivity index (χ2v) is 9.12. The lowest BCUT2D eigenvalue weighted by Crippen LogP contribution is -2.16. The maximum absolute atomic E-state index is 13.0. The summed E-state index contributed by atoms with van der Waals surface area (Å²) in [6.45, 7) is 8.18. The molecule has 3 heterocycles. The SMILES string of the molecule is Cc1ccc(NC(=O)c2cc(C(C)(C)C)nn2C)cc1Nc1ncccc1-c1cc(N)ncn1. The normalized spacial score (nSPS) is 11.3. The molecule has 174 valence electrons. The van der Waals surface area contributed by atoms with E-state index in [1.54, 1.807) is 24.0 Å².